The predicted octanol–water partition coefficient (Wildman–Crippen LogP) is 5.52. The summed E-state index contributed by atoms with van der Waals surface area (Å²) in [5, 5.41) is 0. The fraction of sp³-hybridized carbons (Fsp3) is 0.286. The molecule has 2 amide bonds. The van der Waals surface area contributed by atoms with E-state index in [0.717, 1.165) is 5.56 Å². The molecule has 1 saturated heterocycles. The molecule has 154 valence electrons. The highest BCUT2D eigenvalue weighted by Crippen LogP contribution is 2.61. The molecule has 31 heavy (non-hydrogen) atoms. The molecule has 1 heterocycles. The van der Waals surface area contributed by atoms with E-state index in [-0.39, 0.29) is 35.5 Å². The van der Waals surface area contributed by atoms with E-state index in [9.17, 15) is 9.59 Å². The molecule has 1 fully saturated rings. The molecule has 0 N–H and O–H groups in total. The molecule has 0 saturated carbocycles. The first-order valence-electron chi connectivity index (χ1n) is 11.1. The number of amides is 2. The summed E-state index contributed by atoms with van der Waals surface area (Å²) in [6, 6.07) is 22.8. The fourth-order valence-corrected chi connectivity index (χ4v) is 6.13. The van der Waals surface area contributed by atoms with Crippen LogP contribution in [0.4, 0.5) is 5.69 Å². The van der Waals surface area contributed by atoms with E-state index < -0.39 is 0 Å². The van der Waals surface area contributed by atoms with Gasteiger partial charge < -0.3 is 0 Å². The number of hydrogen-bond donors (Lipinski definition) is 0. The number of anilines is 1. The highest BCUT2D eigenvalue weighted by molar-refractivity contribution is 6.23. The lowest BCUT2D eigenvalue weighted by Crippen LogP contribution is -2.41. The molecule has 3 heteroatoms. The van der Waals surface area contributed by atoms with Crippen molar-refractivity contribution < 1.29 is 9.59 Å². The number of carbonyl (C=O) groups excluding carboxylic acids is 2. The molecule has 0 aromatic heterocycles. The molecule has 3 nitrogen and oxygen atoms in total. The van der Waals surface area contributed by atoms with Gasteiger partial charge in [-0.15, -0.1) is 0 Å². The van der Waals surface area contributed by atoms with Crippen LogP contribution in [0.25, 0.3) is 0 Å². The van der Waals surface area contributed by atoms with Crippen LogP contribution in [0.1, 0.15) is 65.0 Å². The lowest BCUT2D eigenvalue weighted by atomic mass is 9.54. The van der Waals surface area contributed by atoms with Gasteiger partial charge in [-0.1, -0.05) is 68.4 Å². The molecule has 2 bridgehead atoms. The van der Waals surface area contributed by atoms with Crippen molar-refractivity contribution in [2.24, 2.45) is 11.8 Å². The molecule has 0 unspecified atom stereocenters. The summed E-state index contributed by atoms with van der Waals surface area (Å²) < 4.78 is 0. The summed E-state index contributed by atoms with van der Waals surface area (Å²) in [6.07, 6.45) is 0. The number of benzene rings is 3. The van der Waals surface area contributed by atoms with Gasteiger partial charge in [-0.25, -0.2) is 4.90 Å². The van der Waals surface area contributed by atoms with E-state index >= 15 is 0 Å². The Bertz CT molecular complexity index is 1260. The van der Waals surface area contributed by atoms with E-state index in [0.29, 0.717) is 11.6 Å². The van der Waals surface area contributed by atoms with Crippen LogP contribution in [0, 0.1) is 18.8 Å². The second-order valence-corrected chi connectivity index (χ2v) is 9.53. The molecule has 3 aliphatic carbocycles. The van der Waals surface area contributed by atoms with Crippen molar-refractivity contribution >= 4 is 17.5 Å². The smallest absolute Gasteiger partial charge is 0.238 e. The summed E-state index contributed by atoms with van der Waals surface area (Å²) in [6.45, 7) is 6.39. The standard InChI is InChI=1S/C28H25NO2/c1-15(2)17-11-12-21-22(14-17)24-20-10-5-4-9-19(20)23(21)25-26(24)28(31)29(27(25)30)18-8-6-7-16(3)13-18/h4-15,23-26H,1-3H3/t23-,24-,25+,26+/m1/s1. The van der Waals surface area contributed by atoms with Crippen molar-refractivity contribution in [3.63, 3.8) is 0 Å². The van der Waals surface area contributed by atoms with Crippen LogP contribution in [0.3, 0.4) is 0 Å². The van der Waals surface area contributed by atoms with Gasteiger partial charge >= 0.3 is 0 Å². The first kappa shape index (κ1) is 18.6. The number of carbonyl (C=O) groups is 2. The molecule has 0 radical (unpaired) electrons. The van der Waals surface area contributed by atoms with Gasteiger partial charge in [0.25, 0.3) is 0 Å². The lowest BCUT2D eigenvalue weighted by molar-refractivity contribution is -0.122. The maximum atomic E-state index is 13.8. The third-order valence-corrected chi connectivity index (χ3v) is 7.49. The van der Waals surface area contributed by atoms with Crippen LogP contribution < -0.4 is 4.90 Å². The van der Waals surface area contributed by atoms with Gasteiger partial charge in [0.1, 0.15) is 0 Å². The van der Waals surface area contributed by atoms with Gasteiger partial charge in [-0.05, 0) is 58.4 Å². The normalized spacial score (nSPS) is 25.6. The van der Waals surface area contributed by atoms with Gasteiger partial charge in [0.15, 0.2) is 0 Å². The average Bonchev–Trinajstić information content (AvgIpc) is 3.04. The Morgan fingerprint density at radius 2 is 1.32 bits per heavy atom. The molecule has 3 aromatic carbocycles. The highest BCUT2D eigenvalue weighted by Gasteiger charge is 2.61. The van der Waals surface area contributed by atoms with Gasteiger partial charge in [0.05, 0.1) is 17.5 Å². The first-order chi connectivity index (χ1) is 15.0. The zero-order valence-electron chi connectivity index (χ0n) is 18.0. The number of rotatable bonds is 2. The average molecular weight is 408 g/mol. The van der Waals surface area contributed by atoms with Crippen molar-refractivity contribution in [1.82, 2.24) is 0 Å². The third-order valence-electron chi connectivity index (χ3n) is 7.49. The van der Waals surface area contributed by atoms with Crippen LogP contribution in [0.5, 0.6) is 0 Å². The Hall–Kier alpha value is -3.20. The Balaban J connectivity index is 1.57. The SMILES string of the molecule is Cc1cccc(N2C(=O)[C@H]3[C@@H]4c5ccccc5[C@H](c5cc(C(C)C)ccc54)[C@@H]3C2=O)c1. The van der Waals surface area contributed by atoms with Crippen molar-refractivity contribution in [3.05, 3.63) is 100 Å². The van der Waals surface area contributed by atoms with Crippen molar-refractivity contribution in [2.75, 3.05) is 4.90 Å². The van der Waals surface area contributed by atoms with Crippen molar-refractivity contribution in [1.29, 1.82) is 0 Å². The van der Waals surface area contributed by atoms with Crippen molar-refractivity contribution in [2.45, 2.75) is 38.5 Å². The predicted molar refractivity (Wildman–Crippen MR) is 121 cm³/mol. The Kier molecular flexibility index (Phi) is 3.83. The molecule has 3 aromatic rings. The van der Waals surface area contributed by atoms with Crippen LogP contribution in [-0.2, 0) is 9.59 Å². The maximum Gasteiger partial charge on any atom is 0.238 e. The molecule has 4 atom stereocenters. The Morgan fingerprint density at radius 3 is 1.94 bits per heavy atom. The van der Waals surface area contributed by atoms with E-state index in [2.05, 4.69) is 56.3 Å². The minimum Gasteiger partial charge on any atom is -0.274 e. The minimum atomic E-state index is -0.331. The van der Waals surface area contributed by atoms with E-state index in [1.807, 2.05) is 31.2 Å². The summed E-state index contributed by atoms with van der Waals surface area (Å²) >= 11 is 0. The number of nitrogens with zero attached hydrogens (tertiary/aromatic N) is 1. The molecule has 1 aliphatic heterocycles. The van der Waals surface area contributed by atoms with Crippen LogP contribution >= 0.6 is 0 Å². The second-order valence-electron chi connectivity index (χ2n) is 9.53. The van der Waals surface area contributed by atoms with Gasteiger partial charge in [-0.2, -0.15) is 0 Å². The number of imide groups is 1. The largest absolute Gasteiger partial charge is 0.274 e. The van der Waals surface area contributed by atoms with Crippen LogP contribution in [-0.4, -0.2) is 11.8 Å². The molecule has 7 rings (SSSR count). The summed E-state index contributed by atoms with van der Waals surface area (Å²) in [4.78, 5) is 29.0. The first-order valence-corrected chi connectivity index (χ1v) is 11.1. The Morgan fingerprint density at radius 1 is 0.710 bits per heavy atom. The van der Waals surface area contributed by atoms with Gasteiger partial charge in [0.2, 0.25) is 11.8 Å². The van der Waals surface area contributed by atoms with E-state index in [4.69, 9.17) is 0 Å². The topological polar surface area (TPSA) is 37.4 Å². The summed E-state index contributed by atoms with van der Waals surface area (Å²) in [5.41, 5.74) is 7.92. The van der Waals surface area contributed by atoms with Gasteiger partial charge in [0, 0.05) is 11.8 Å². The molecule has 4 aliphatic rings. The number of hydrogen-bond acceptors (Lipinski definition) is 2. The van der Waals surface area contributed by atoms with E-state index in [1.54, 1.807) is 0 Å². The minimum absolute atomic E-state index is 0.0503. The van der Waals surface area contributed by atoms with Gasteiger partial charge in [-0.3, -0.25) is 9.59 Å². The van der Waals surface area contributed by atoms with Crippen LogP contribution in [0.2, 0.25) is 0 Å². The summed E-state index contributed by atoms with van der Waals surface area (Å²) in [5.74, 6) is -0.469. The summed E-state index contributed by atoms with van der Waals surface area (Å²) in [7, 11) is 0. The number of aryl methyl sites for hydroxylation is 1. The third kappa shape index (κ3) is 2.40. The fourth-order valence-electron chi connectivity index (χ4n) is 6.13. The highest BCUT2D eigenvalue weighted by atomic mass is 16.2. The molecular weight excluding hydrogens is 382 g/mol. The molecular formula is C28H25NO2. The quantitative estimate of drug-likeness (QED) is 0.525. The molecule has 0 spiro atoms. The van der Waals surface area contributed by atoms with Crippen molar-refractivity contribution in [3.8, 4) is 0 Å². The van der Waals surface area contributed by atoms with Crippen LogP contribution in [0.15, 0.2) is 66.7 Å². The zero-order chi connectivity index (χ0) is 21.4. The maximum absolute atomic E-state index is 13.8. The lowest BCUT2D eigenvalue weighted by Gasteiger charge is -2.46. The monoisotopic (exact) mass is 407 g/mol. The Labute approximate surface area is 182 Å². The van der Waals surface area contributed by atoms with E-state index in [1.165, 1.54) is 32.7 Å². The second kappa shape index (κ2) is 6.40. The zero-order valence-corrected chi connectivity index (χ0v) is 18.0.